The zero-order valence-electron chi connectivity index (χ0n) is 35.7. The van der Waals surface area contributed by atoms with Gasteiger partial charge in [-0.05, 0) is 116 Å². The topological polar surface area (TPSA) is 69.2 Å². The van der Waals surface area contributed by atoms with Crippen LogP contribution >= 0.6 is 0 Å². The third-order valence-corrected chi connectivity index (χ3v) is 13.2. The first-order valence-electron chi connectivity index (χ1n) is 22.5. The van der Waals surface area contributed by atoms with E-state index in [1.54, 1.807) is 12.1 Å². The van der Waals surface area contributed by atoms with Crippen LogP contribution in [0.15, 0.2) is 152 Å². The molecular formula is C54H57N5O3. The largest absolute Gasteiger partial charge is 0.373 e. The number of carbonyl (C=O) groups excluding carboxylic acids is 2. The van der Waals surface area contributed by atoms with Crippen molar-refractivity contribution in [3.05, 3.63) is 174 Å². The number of benzene rings is 5. The van der Waals surface area contributed by atoms with Crippen LogP contribution in [0.5, 0.6) is 0 Å². The monoisotopic (exact) mass is 823 g/mol. The first-order chi connectivity index (χ1) is 30.5. The molecule has 3 aliphatic heterocycles. The van der Waals surface area contributed by atoms with Gasteiger partial charge in [-0.25, -0.2) is 0 Å². The van der Waals surface area contributed by atoms with Crippen LogP contribution in [0.3, 0.4) is 0 Å². The number of likely N-dealkylation sites (tertiary alicyclic amines) is 1. The molecule has 1 aromatic heterocycles. The second-order valence-corrected chi connectivity index (χ2v) is 17.2. The predicted molar refractivity (Wildman–Crippen MR) is 250 cm³/mol. The summed E-state index contributed by atoms with van der Waals surface area (Å²) in [5.74, 6) is -0.964. The van der Waals surface area contributed by atoms with E-state index in [2.05, 4.69) is 105 Å². The molecule has 0 atom stereocenters. The molecule has 316 valence electrons. The number of carbonyl (C=O) groups is 2. The lowest BCUT2D eigenvalue weighted by Crippen LogP contribution is -2.48. The normalized spacial score (nSPS) is 17.0. The summed E-state index contributed by atoms with van der Waals surface area (Å²) in [4.78, 5) is 41.4. The Labute approximate surface area is 366 Å². The second kappa shape index (κ2) is 19.4. The molecule has 0 N–H and O–H groups in total. The number of nitrogens with zero attached hydrogens (tertiary/aromatic N) is 5. The van der Waals surface area contributed by atoms with E-state index >= 15 is 0 Å². The molecule has 4 heterocycles. The molecule has 8 heteroatoms. The van der Waals surface area contributed by atoms with Crippen LogP contribution in [-0.4, -0.2) is 97.5 Å². The van der Waals surface area contributed by atoms with Crippen LogP contribution in [0.25, 0.3) is 22.4 Å². The fourth-order valence-corrected chi connectivity index (χ4v) is 9.60. The van der Waals surface area contributed by atoms with Crippen LogP contribution in [0.2, 0.25) is 0 Å². The van der Waals surface area contributed by atoms with E-state index in [9.17, 15) is 9.59 Å². The fraction of sp³-hybridized carbons (Fsp3) is 0.315. The summed E-state index contributed by atoms with van der Waals surface area (Å²) < 4.78 is 6.96. The molecule has 0 saturated carbocycles. The standard InChI is InChI=1S/C54H57N5O3/c60-52(53(61)45-21-25-49(26-22-45)59-36-34-57(35-37-59)41-47-17-11-29-55-51(47)43-14-5-2-6-15-43)44-19-23-48(24-20-44)58-32-27-54(28-33-58,62-39-38-56-30-9-10-31-56)40-46-16-7-8-18-50(46)42-12-3-1-4-13-42/h1-8,11-26,29H,9-10,27-28,30-41H2. The number of piperidine rings is 1. The molecule has 3 fully saturated rings. The van der Waals surface area contributed by atoms with Crippen molar-refractivity contribution in [2.24, 2.45) is 0 Å². The van der Waals surface area contributed by atoms with E-state index in [1.165, 1.54) is 48.2 Å². The van der Waals surface area contributed by atoms with Gasteiger partial charge in [0.05, 0.1) is 17.9 Å². The number of Topliss-reactive ketones (excluding diaryl/α,β-unsaturated/α-hetero) is 2. The zero-order valence-corrected chi connectivity index (χ0v) is 35.7. The lowest BCUT2D eigenvalue weighted by atomic mass is 9.82. The van der Waals surface area contributed by atoms with Crippen molar-refractivity contribution in [1.82, 2.24) is 14.8 Å². The van der Waals surface area contributed by atoms with Crippen molar-refractivity contribution in [1.29, 1.82) is 0 Å². The Balaban J connectivity index is 0.795. The molecule has 9 rings (SSSR count). The average molecular weight is 824 g/mol. The van der Waals surface area contributed by atoms with Crippen molar-refractivity contribution >= 4 is 22.9 Å². The van der Waals surface area contributed by atoms with Crippen LogP contribution in [-0.2, 0) is 17.7 Å². The maximum Gasteiger partial charge on any atom is 0.233 e. The maximum atomic E-state index is 13.5. The fourth-order valence-electron chi connectivity index (χ4n) is 9.60. The number of anilines is 2. The number of hydrogen-bond donors (Lipinski definition) is 0. The summed E-state index contributed by atoms with van der Waals surface area (Å²) in [5, 5.41) is 0. The van der Waals surface area contributed by atoms with Crippen molar-refractivity contribution in [3.63, 3.8) is 0 Å². The lowest BCUT2D eigenvalue weighted by Gasteiger charge is -2.43. The summed E-state index contributed by atoms with van der Waals surface area (Å²) in [5.41, 5.74) is 9.92. The van der Waals surface area contributed by atoms with E-state index in [0.29, 0.717) is 11.1 Å². The van der Waals surface area contributed by atoms with Gasteiger partial charge in [-0.3, -0.25) is 19.5 Å². The number of ketones is 2. The Hall–Kier alpha value is -5.93. The van der Waals surface area contributed by atoms with Gasteiger partial charge < -0.3 is 19.4 Å². The smallest absolute Gasteiger partial charge is 0.233 e. The van der Waals surface area contributed by atoms with Gasteiger partial charge in [0.2, 0.25) is 11.6 Å². The second-order valence-electron chi connectivity index (χ2n) is 17.2. The minimum atomic E-state index is -0.482. The molecule has 0 spiro atoms. The Morgan fingerprint density at radius 1 is 0.532 bits per heavy atom. The Kier molecular flexibility index (Phi) is 13.0. The quantitative estimate of drug-likeness (QED) is 0.0750. The van der Waals surface area contributed by atoms with Gasteiger partial charge in [0.1, 0.15) is 0 Å². The van der Waals surface area contributed by atoms with Crippen LogP contribution in [0.1, 0.15) is 57.5 Å². The number of pyridine rings is 1. The molecule has 6 aromatic rings. The van der Waals surface area contributed by atoms with Crippen molar-refractivity contribution in [2.75, 3.05) is 75.3 Å². The van der Waals surface area contributed by atoms with Gasteiger partial charge in [-0.15, -0.1) is 0 Å². The van der Waals surface area contributed by atoms with E-state index in [0.717, 1.165) is 101 Å². The molecule has 5 aromatic carbocycles. The van der Waals surface area contributed by atoms with Gasteiger partial charge in [-0.1, -0.05) is 91.0 Å². The van der Waals surface area contributed by atoms with Gasteiger partial charge >= 0.3 is 0 Å². The Morgan fingerprint density at radius 3 is 1.71 bits per heavy atom. The lowest BCUT2D eigenvalue weighted by molar-refractivity contribution is -0.0663. The third-order valence-electron chi connectivity index (χ3n) is 13.2. The minimum Gasteiger partial charge on any atom is -0.373 e. The van der Waals surface area contributed by atoms with Crippen LogP contribution < -0.4 is 9.80 Å². The summed E-state index contributed by atoms with van der Waals surface area (Å²) in [7, 11) is 0. The van der Waals surface area contributed by atoms with E-state index in [-0.39, 0.29) is 5.60 Å². The highest BCUT2D eigenvalue weighted by atomic mass is 16.5. The SMILES string of the molecule is O=C(C(=O)c1ccc(N2CCC(Cc3ccccc3-c3ccccc3)(OCCN3CCCC3)CC2)cc1)c1ccc(N2CCN(Cc3cccnc3-c3ccccc3)CC2)cc1. The van der Waals surface area contributed by atoms with Gasteiger partial charge in [0, 0.05) is 93.0 Å². The molecule has 0 bridgehead atoms. The summed E-state index contributed by atoms with van der Waals surface area (Å²) >= 11 is 0. The molecular weight excluding hydrogens is 767 g/mol. The molecule has 0 unspecified atom stereocenters. The highest BCUT2D eigenvalue weighted by Gasteiger charge is 2.37. The highest BCUT2D eigenvalue weighted by Crippen LogP contribution is 2.36. The predicted octanol–water partition coefficient (Wildman–Crippen LogP) is 9.50. The van der Waals surface area contributed by atoms with E-state index < -0.39 is 11.6 Å². The Bertz CT molecular complexity index is 2400. The highest BCUT2D eigenvalue weighted by molar-refractivity contribution is 6.49. The number of hydrogen-bond acceptors (Lipinski definition) is 8. The summed E-state index contributed by atoms with van der Waals surface area (Å²) in [6, 6.07) is 49.1. The van der Waals surface area contributed by atoms with Gasteiger partial charge in [0.25, 0.3) is 0 Å². The van der Waals surface area contributed by atoms with E-state index in [4.69, 9.17) is 9.72 Å². The van der Waals surface area contributed by atoms with E-state index in [1.807, 2.05) is 54.7 Å². The van der Waals surface area contributed by atoms with Crippen LogP contribution in [0, 0.1) is 0 Å². The number of aromatic nitrogens is 1. The number of ether oxygens (including phenoxy) is 1. The summed E-state index contributed by atoms with van der Waals surface area (Å²) in [6.45, 7) is 10.2. The van der Waals surface area contributed by atoms with Crippen molar-refractivity contribution in [2.45, 2.75) is 44.2 Å². The molecule has 8 nitrogen and oxygen atoms in total. The first kappa shape index (κ1) is 41.4. The number of piperazine rings is 1. The third kappa shape index (κ3) is 9.74. The van der Waals surface area contributed by atoms with Gasteiger partial charge in [-0.2, -0.15) is 0 Å². The first-order valence-corrected chi connectivity index (χ1v) is 22.5. The summed E-state index contributed by atoms with van der Waals surface area (Å²) in [6.07, 6.45) is 7.09. The van der Waals surface area contributed by atoms with Crippen LogP contribution in [0.4, 0.5) is 11.4 Å². The minimum absolute atomic E-state index is 0.263. The molecule has 0 amide bonds. The average Bonchev–Trinajstić information content (AvgIpc) is 3.86. The molecule has 0 radical (unpaired) electrons. The van der Waals surface area contributed by atoms with Crippen molar-refractivity contribution in [3.8, 4) is 22.4 Å². The molecule has 62 heavy (non-hydrogen) atoms. The zero-order chi connectivity index (χ0) is 42.1. The van der Waals surface area contributed by atoms with Crippen molar-refractivity contribution < 1.29 is 14.3 Å². The molecule has 0 aliphatic carbocycles. The molecule has 3 saturated heterocycles. The maximum absolute atomic E-state index is 13.5. The Morgan fingerprint density at radius 2 is 1.08 bits per heavy atom. The van der Waals surface area contributed by atoms with Gasteiger partial charge in [0.15, 0.2) is 0 Å². The number of rotatable bonds is 15. The molecule has 3 aliphatic rings.